The molecule has 0 radical (unpaired) electrons. The lowest BCUT2D eigenvalue weighted by atomic mass is 10.3. The highest BCUT2D eigenvalue weighted by molar-refractivity contribution is 6.32. The lowest BCUT2D eigenvalue weighted by Crippen LogP contribution is -2.08. The Labute approximate surface area is 80.9 Å². The molecule has 0 unspecified atom stereocenters. The Balaban J connectivity index is 3.13. The Morgan fingerprint density at radius 1 is 1.46 bits per heavy atom. The fraction of sp³-hybridized carbons (Fsp3) is 0.250. The van der Waals surface area contributed by atoms with E-state index in [1.807, 2.05) is 19.0 Å². The van der Waals surface area contributed by atoms with Crippen LogP contribution in [0.3, 0.4) is 0 Å². The number of hydrogen-bond donors (Lipinski definition) is 0. The number of nitro benzene ring substituents is 1. The van der Waals surface area contributed by atoms with Gasteiger partial charge < -0.3 is 4.90 Å². The molecule has 0 bridgehead atoms. The zero-order valence-electron chi connectivity index (χ0n) is 7.32. The van der Waals surface area contributed by atoms with E-state index in [-0.39, 0.29) is 10.7 Å². The monoisotopic (exact) mass is 200 g/mol. The molecule has 0 aliphatic rings. The van der Waals surface area contributed by atoms with Crippen LogP contribution >= 0.6 is 11.6 Å². The molecule has 1 rings (SSSR count). The summed E-state index contributed by atoms with van der Waals surface area (Å²) in [6.45, 7) is 0. The molecule has 1 aromatic carbocycles. The summed E-state index contributed by atoms with van der Waals surface area (Å²) in [5.41, 5.74) is 0.780. The number of halogens is 1. The van der Waals surface area contributed by atoms with E-state index in [0.29, 0.717) is 0 Å². The van der Waals surface area contributed by atoms with Crippen molar-refractivity contribution in [2.24, 2.45) is 0 Å². The van der Waals surface area contributed by atoms with Crippen LogP contribution in [0.1, 0.15) is 0 Å². The van der Waals surface area contributed by atoms with E-state index in [1.54, 1.807) is 12.1 Å². The van der Waals surface area contributed by atoms with E-state index < -0.39 is 4.92 Å². The van der Waals surface area contributed by atoms with Crippen molar-refractivity contribution < 1.29 is 4.92 Å². The number of benzene rings is 1. The smallest absolute Gasteiger partial charge is 0.288 e. The molecule has 0 aliphatic carbocycles. The van der Waals surface area contributed by atoms with Crippen LogP contribution in [-0.4, -0.2) is 19.0 Å². The normalized spacial score (nSPS) is 9.77. The molecule has 0 aromatic heterocycles. The van der Waals surface area contributed by atoms with Gasteiger partial charge in [0.2, 0.25) is 0 Å². The van der Waals surface area contributed by atoms with Crippen LogP contribution in [0.15, 0.2) is 18.2 Å². The summed E-state index contributed by atoms with van der Waals surface area (Å²) in [4.78, 5) is 11.7. The molecule has 4 nitrogen and oxygen atoms in total. The van der Waals surface area contributed by atoms with Gasteiger partial charge in [0.25, 0.3) is 5.69 Å². The molecule has 0 saturated heterocycles. The largest absolute Gasteiger partial charge is 0.378 e. The number of nitro groups is 1. The van der Waals surface area contributed by atoms with E-state index in [0.717, 1.165) is 5.69 Å². The predicted octanol–water partition coefficient (Wildman–Crippen LogP) is 2.31. The molecular formula is C8H9ClN2O2. The molecule has 0 saturated carbocycles. The molecule has 0 spiro atoms. The number of nitrogens with zero attached hydrogens (tertiary/aromatic N) is 2. The van der Waals surface area contributed by atoms with Gasteiger partial charge in [-0.1, -0.05) is 11.6 Å². The topological polar surface area (TPSA) is 46.4 Å². The molecule has 0 aliphatic heterocycles. The maximum absolute atomic E-state index is 10.4. The molecule has 0 amide bonds. The van der Waals surface area contributed by atoms with Crippen LogP contribution in [0, 0.1) is 10.1 Å². The number of hydrogen-bond acceptors (Lipinski definition) is 3. The maximum atomic E-state index is 10.4. The molecular weight excluding hydrogens is 192 g/mol. The zero-order valence-corrected chi connectivity index (χ0v) is 8.08. The number of anilines is 1. The molecule has 0 N–H and O–H groups in total. The van der Waals surface area contributed by atoms with Gasteiger partial charge in [-0.15, -0.1) is 0 Å². The van der Waals surface area contributed by atoms with Crippen molar-refractivity contribution in [2.45, 2.75) is 0 Å². The SMILES string of the molecule is CN(C)c1ccc([N+](=O)[O-])c(Cl)c1. The molecule has 0 heterocycles. The van der Waals surface area contributed by atoms with Crippen molar-refractivity contribution in [3.8, 4) is 0 Å². The van der Waals surface area contributed by atoms with E-state index in [1.165, 1.54) is 6.07 Å². The van der Waals surface area contributed by atoms with Gasteiger partial charge in [-0.3, -0.25) is 10.1 Å². The molecule has 5 heteroatoms. The van der Waals surface area contributed by atoms with Crippen molar-refractivity contribution in [1.29, 1.82) is 0 Å². The Hall–Kier alpha value is -1.29. The minimum absolute atomic E-state index is 0.0627. The van der Waals surface area contributed by atoms with Crippen LogP contribution < -0.4 is 4.90 Å². The van der Waals surface area contributed by atoms with Gasteiger partial charge in [0.05, 0.1) is 4.92 Å². The van der Waals surface area contributed by atoms with Gasteiger partial charge in [0.1, 0.15) is 5.02 Å². The van der Waals surface area contributed by atoms with Gasteiger partial charge in [0, 0.05) is 25.8 Å². The molecule has 1 aromatic rings. The number of rotatable bonds is 2. The van der Waals surface area contributed by atoms with Gasteiger partial charge >= 0.3 is 0 Å². The zero-order chi connectivity index (χ0) is 10.0. The minimum atomic E-state index is -0.498. The molecule has 70 valence electrons. The van der Waals surface area contributed by atoms with Crippen molar-refractivity contribution in [3.05, 3.63) is 33.3 Å². The van der Waals surface area contributed by atoms with Crippen LogP contribution in [0.2, 0.25) is 5.02 Å². The summed E-state index contributed by atoms with van der Waals surface area (Å²) < 4.78 is 0. The van der Waals surface area contributed by atoms with Gasteiger partial charge in [0.15, 0.2) is 0 Å². The second-order valence-electron chi connectivity index (χ2n) is 2.79. The highest BCUT2D eigenvalue weighted by Gasteiger charge is 2.12. The standard InChI is InChI=1S/C8H9ClN2O2/c1-10(2)6-3-4-8(11(12)13)7(9)5-6/h3-5H,1-2H3. The summed E-state index contributed by atoms with van der Waals surface area (Å²) in [5, 5.41) is 10.6. The Morgan fingerprint density at radius 2 is 2.08 bits per heavy atom. The lowest BCUT2D eigenvalue weighted by molar-refractivity contribution is -0.384. The second kappa shape index (κ2) is 3.62. The summed E-state index contributed by atoms with van der Waals surface area (Å²) in [5.74, 6) is 0. The van der Waals surface area contributed by atoms with E-state index in [4.69, 9.17) is 11.6 Å². The average molecular weight is 201 g/mol. The van der Waals surface area contributed by atoms with E-state index in [9.17, 15) is 10.1 Å². The highest BCUT2D eigenvalue weighted by Crippen LogP contribution is 2.27. The first-order chi connectivity index (χ1) is 6.02. The highest BCUT2D eigenvalue weighted by atomic mass is 35.5. The van der Waals surface area contributed by atoms with E-state index >= 15 is 0 Å². The fourth-order valence-electron chi connectivity index (χ4n) is 0.922. The van der Waals surface area contributed by atoms with Crippen molar-refractivity contribution in [3.63, 3.8) is 0 Å². The van der Waals surface area contributed by atoms with Crippen LogP contribution in [0.25, 0.3) is 0 Å². The van der Waals surface area contributed by atoms with Crippen LogP contribution in [0.4, 0.5) is 11.4 Å². The average Bonchev–Trinajstić information content (AvgIpc) is 2.03. The summed E-state index contributed by atoms with van der Waals surface area (Å²) in [6.07, 6.45) is 0. The van der Waals surface area contributed by atoms with Crippen molar-refractivity contribution >= 4 is 23.0 Å². The summed E-state index contributed by atoms with van der Waals surface area (Å²) >= 11 is 5.70. The summed E-state index contributed by atoms with van der Waals surface area (Å²) in [6, 6.07) is 4.63. The van der Waals surface area contributed by atoms with Gasteiger partial charge in [-0.05, 0) is 12.1 Å². The maximum Gasteiger partial charge on any atom is 0.288 e. The Kier molecular flexibility index (Phi) is 2.72. The molecule has 0 atom stereocenters. The predicted molar refractivity (Wildman–Crippen MR) is 52.4 cm³/mol. The molecule has 13 heavy (non-hydrogen) atoms. The fourth-order valence-corrected chi connectivity index (χ4v) is 1.17. The molecule has 0 fully saturated rings. The first kappa shape index (κ1) is 9.80. The van der Waals surface area contributed by atoms with Crippen LogP contribution in [0.5, 0.6) is 0 Å². The summed E-state index contributed by atoms with van der Waals surface area (Å²) in [7, 11) is 3.69. The van der Waals surface area contributed by atoms with Crippen molar-refractivity contribution in [1.82, 2.24) is 0 Å². The van der Waals surface area contributed by atoms with Gasteiger partial charge in [-0.25, -0.2) is 0 Å². The van der Waals surface area contributed by atoms with Gasteiger partial charge in [-0.2, -0.15) is 0 Å². The first-order valence-electron chi connectivity index (χ1n) is 3.63. The van der Waals surface area contributed by atoms with E-state index in [2.05, 4.69) is 0 Å². The lowest BCUT2D eigenvalue weighted by Gasteiger charge is -2.11. The Bertz CT molecular complexity index is 339. The quantitative estimate of drug-likeness (QED) is 0.544. The van der Waals surface area contributed by atoms with Crippen LogP contribution in [-0.2, 0) is 0 Å². The Morgan fingerprint density at radius 3 is 2.46 bits per heavy atom. The third kappa shape index (κ3) is 2.09. The van der Waals surface area contributed by atoms with Crippen molar-refractivity contribution in [2.75, 3.05) is 19.0 Å². The third-order valence-electron chi connectivity index (χ3n) is 1.64. The third-order valence-corrected chi connectivity index (χ3v) is 1.95. The second-order valence-corrected chi connectivity index (χ2v) is 3.19. The first-order valence-corrected chi connectivity index (χ1v) is 4.01. The minimum Gasteiger partial charge on any atom is -0.378 e.